The van der Waals surface area contributed by atoms with E-state index in [2.05, 4.69) is 5.32 Å². The SMILES string of the molecule is CCOc1c(Cl)cc(/C=C/C(=O)Nc2ccc(OCC(N)=O)cc2)cc1OC. The Kier molecular flexibility index (Phi) is 7.71. The Balaban J connectivity index is 2.01. The van der Waals surface area contributed by atoms with Gasteiger partial charge in [0.1, 0.15) is 5.75 Å². The van der Waals surface area contributed by atoms with Crippen LogP contribution >= 0.6 is 11.6 Å². The van der Waals surface area contributed by atoms with Crippen LogP contribution in [0.4, 0.5) is 5.69 Å². The number of ether oxygens (including phenoxy) is 3. The number of nitrogens with one attached hydrogen (secondary N) is 1. The zero-order valence-corrected chi connectivity index (χ0v) is 16.3. The van der Waals surface area contributed by atoms with Crippen LogP contribution in [0.15, 0.2) is 42.5 Å². The maximum atomic E-state index is 12.1. The van der Waals surface area contributed by atoms with Crippen molar-refractivity contribution in [1.82, 2.24) is 0 Å². The molecule has 0 fully saturated rings. The Morgan fingerprint density at radius 1 is 1.18 bits per heavy atom. The Morgan fingerprint density at radius 2 is 1.89 bits per heavy atom. The molecule has 0 unspecified atom stereocenters. The molecule has 0 aliphatic carbocycles. The molecule has 0 bridgehead atoms. The second kappa shape index (κ2) is 10.2. The third kappa shape index (κ3) is 6.21. The number of hydrogen-bond donors (Lipinski definition) is 2. The minimum absolute atomic E-state index is 0.206. The molecule has 0 aliphatic heterocycles. The fourth-order valence-corrected chi connectivity index (χ4v) is 2.54. The minimum Gasteiger partial charge on any atom is -0.493 e. The lowest BCUT2D eigenvalue weighted by Crippen LogP contribution is -2.20. The Bertz CT molecular complexity index is 866. The quantitative estimate of drug-likeness (QED) is 0.625. The number of anilines is 1. The smallest absolute Gasteiger partial charge is 0.255 e. The number of hydrogen-bond acceptors (Lipinski definition) is 5. The van der Waals surface area contributed by atoms with Crippen molar-refractivity contribution in [1.29, 1.82) is 0 Å². The Labute approximate surface area is 168 Å². The van der Waals surface area contributed by atoms with Gasteiger partial charge in [-0.1, -0.05) is 11.6 Å². The highest BCUT2D eigenvalue weighted by Gasteiger charge is 2.10. The van der Waals surface area contributed by atoms with E-state index in [1.807, 2.05) is 6.92 Å². The summed E-state index contributed by atoms with van der Waals surface area (Å²) in [6, 6.07) is 9.96. The van der Waals surface area contributed by atoms with E-state index in [9.17, 15) is 9.59 Å². The van der Waals surface area contributed by atoms with Gasteiger partial charge in [0.25, 0.3) is 5.91 Å². The highest BCUT2D eigenvalue weighted by atomic mass is 35.5. The van der Waals surface area contributed by atoms with Crippen molar-refractivity contribution in [2.75, 3.05) is 25.6 Å². The molecule has 0 heterocycles. The molecule has 0 saturated carbocycles. The van der Waals surface area contributed by atoms with Gasteiger partial charge in [0.2, 0.25) is 5.91 Å². The Morgan fingerprint density at radius 3 is 2.50 bits per heavy atom. The largest absolute Gasteiger partial charge is 0.493 e. The molecule has 0 atom stereocenters. The summed E-state index contributed by atoms with van der Waals surface area (Å²) in [5.41, 5.74) is 6.28. The first-order valence-corrected chi connectivity index (χ1v) is 8.81. The van der Waals surface area contributed by atoms with Crippen molar-refractivity contribution in [2.24, 2.45) is 5.73 Å². The molecule has 7 nitrogen and oxygen atoms in total. The molecule has 0 spiro atoms. The van der Waals surface area contributed by atoms with Crippen LogP contribution in [0.3, 0.4) is 0 Å². The molecule has 2 amide bonds. The minimum atomic E-state index is -0.562. The molecule has 3 N–H and O–H groups in total. The molecule has 0 aromatic heterocycles. The number of carbonyl (C=O) groups is 2. The van der Waals surface area contributed by atoms with Crippen molar-refractivity contribution in [2.45, 2.75) is 6.92 Å². The van der Waals surface area contributed by atoms with Crippen LogP contribution in [0.2, 0.25) is 5.02 Å². The van der Waals surface area contributed by atoms with Crippen molar-refractivity contribution in [3.8, 4) is 17.2 Å². The third-order valence-electron chi connectivity index (χ3n) is 3.47. The zero-order valence-electron chi connectivity index (χ0n) is 15.5. The topological polar surface area (TPSA) is 99.9 Å². The van der Waals surface area contributed by atoms with E-state index in [0.29, 0.717) is 40.1 Å². The molecule has 2 aromatic carbocycles. The molecule has 2 aromatic rings. The lowest BCUT2D eigenvalue weighted by atomic mass is 10.2. The predicted molar refractivity (Wildman–Crippen MR) is 108 cm³/mol. The van der Waals surface area contributed by atoms with E-state index in [0.717, 1.165) is 0 Å². The fourth-order valence-electron chi connectivity index (χ4n) is 2.27. The summed E-state index contributed by atoms with van der Waals surface area (Å²) >= 11 is 6.22. The average molecular weight is 405 g/mol. The standard InChI is InChI=1S/C20H21ClN2O5/c1-3-27-20-16(21)10-13(11-17(20)26-2)4-9-19(25)23-14-5-7-15(8-6-14)28-12-18(22)24/h4-11H,3,12H2,1-2H3,(H2,22,24)(H,23,25)/b9-4+. The van der Waals surface area contributed by atoms with Gasteiger partial charge in [-0.15, -0.1) is 0 Å². The number of amides is 2. The first-order chi connectivity index (χ1) is 13.4. The summed E-state index contributed by atoms with van der Waals surface area (Å²) in [4.78, 5) is 22.8. The highest BCUT2D eigenvalue weighted by Crippen LogP contribution is 2.36. The van der Waals surface area contributed by atoms with E-state index in [4.69, 9.17) is 31.5 Å². The lowest BCUT2D eigenvalue weighted by molar-refractivity contribution is -0.120. The molecule has 0 saturated heterocycles. The maximum absolute atomic E-state index is 12.1. The number of rotatable bonds is 9. The van der Waals surface area contributed by atoms with Gasteiger partial charge in [-0.2, -0.15) is 0 Å². The van der Waals surface area contributed by atoms with Crippen molar-refractivity contribution >= 4 is 35.2 Å². The molecular weight excluding hydrogens is 384 g/mol. The average Bonchev–Trinajstić information content (AvgIpc) is 2.67. The lowest BCUT2D eigenvalue weighted by Gasteiger charge is -2.11. The van der Waals surface area contributed by atoms with Crippen molar-refractivity contribution in [3.63, 3.8) is 0 Å². The van der Waals surface area contributed by atoms with Gasteiger partial charge in [-0.05, 0) is 55.0 Å². The van der Waals surface area contributed by atoms with Gasteiger partial charge in [0.05, 0.1) is 18.7 Å². The van der Waals surface area contributed by atoms with Gasteiger partial charge in [0.15, 0.2) is 18.1 Å². The maximum Gasteiger partial charge on any atom is 0.255 e. The highest BCUT2D eigenvalue weighted by molar-refractivity contribution is 6.32. The molecule has 8 heteroatoms. The second-order valence-electron chi connectivity index (χ2n) is 5.57. The van der Waals surface area contributed by atoms with Crippen molar-refractivity contribution in [3.05, 3.63) is 53.1 Å². The molecule has 0 aliphatic rings. The molecule has 2 rings (SSSR count). The summed E-state index contributed by atoms with van der Waals surface area (Å²) in [6.07, 6.45) is 2.99. The number of carbonyl (C=O) groups excluding carboxylic acids is 2. The summed E-state index contributed by atoms with van der Waals surface area (Å²) in [7, 11) is 1.52. The Hall–Kier alpha value is -3.19. The van der Waals surface area contributed by atoms with E-state index in [1.165, 1.54) is 13.2 Å². The van der Waals surface area contributed by atoms with Crippen LogP contribution < -0.4 is 25.3 Å². The molecular formula is C20H21ClN2O5. The fraction of sp³-hybridized carbons (Fsp3) is 0.200. The van der Waals surface area contributed by atoms with Crippen molar-refractivity contribution < 1.29 is 23.8 Å². The van der Waals surface area contributed by atoms with Crippen LogP contribution in [0.25, 0.3) is 6.08 Å². The summed E-state index contributed by atoms with van der Waals surface area (Å²) in [5, 5.41) is 3.11. The number of primary amides is 1. The number of benzene rings is 2. The number of nitrogens with two attached hydrogens (primary N) is 1. The van der Waals surface area contributed by atoms with Crippen LogP contribution in [0, 0.1) is 0 Å². The summed E-state index contributed by atoms with van der Waals surface area (Å²) in [6.45, 7) is 2.10. The van der Waals surface area contributed by atoms with Gasteiger partial charge in [0, 0.05) is 11.8 Å². The first kappa shape index (κ1) is 21.1. The zero-order chi connectivity index (χ0) is 20.5. The van der Waals surface area contributed by atoms with E-state index in [-0.39, 0.29) is 12.5 Å². The van der Waals surface area contributed by atoms with Crippen LogP contribution in [0.1, 0.15) is 12.5 Å². The normalized spacial score (nSPS) is 10.5. The van der Waals surface area contributed by atoms with Gasteiger partial charge >= 0.3 is 0 Å². The summed E-state index contributed by atoms with van der Waals surface area (Å²) in [5.74, 6) is 0.541. The molecule has 28 heavy (non-hydrogen) atoms. The predicted octanol–water partition coefficient (Wildman–Crippen LogP) is 3.26. The van der Waals surface area contributed by atoms with Crippen LogP contribution in [-0.2, 0) is 9.59 Å². The second-order valence-corrected chi connectivity index (χ2v) is 5.98. The third-order valence-corrected chi connectivity index (χ3v) is 3.75. The number of methoxy groups -OCH3 is 1. The first-order valence-electron chi connectivity index (χ1n) is 8.43. The summed E-state index contributed by atoms with van der Waals surface area (Å²) < 4.78 is 15.9. The van der Waals surface area contributed by atoms with E-state index < -0.39 is 5.91 Å². The van der Waals surface area contributed by atoms with Crippen LogP contribution in [-0.4, -0.2) is 32.1 Å². The van der Waals surface area contributed by atoms with Gasteiger partial charge in [-0.3, -0.25) is 9.59 Å². The number of halogens is 1. The monoisotopic (exact) mass is 404 g/mol. The van der Waals surface area contributed by atoms with E-state index >= 15 is 0 Å². The molecule has 148 valence electrons. The van der Waals surface area contributed by atoms with Gasteiger partial charge < -0.3 is 25.3 Å². The van der Waals surface area contributed by atoms with E-state index in [1.54, 1.807) is 42.5 Å². The van der Waals surface area contributed by atoms with Crippen LogP contribution in [0.5, 0.6) is 17.2 Å². The molecule has 0 radical (unpaired) electrons. The van der Waals surface area contributed by atoms with Gasteiger partial charge in [-0.25, -0.2) is 0 Å².